The van der Waals surface area contributed by atoms with Crippen LogP contribution in [0.25, 0.3) is 0 Å². The number of nitrogens with zero attached hydrogens (tertiary/aromatic N) is 2. The minimum atomic E-state index is -1.05. The van der Waals surface area contributed by atoms with E-state index in [4.69, 9.17) is 5.11 Å². The Morgan fingerprint density at radius 2 is 2.19 bits per heavy atom. The Morgan fingerprint density at radius 3 is 2.62 bits per heavy atom. The van der Waals surface area contributed by atoms with Gasteiger partial charge in [-0.25, -0.2) is 4.79 Å². The molecular formula is C10H16N2O4. The topological polar surface area (TPSA) is 77.9 Å². The highest BCUT2D eigenvalue weighted by molar-refractivity contribution is 5.88. The molecule has 0 aromatic carbocycles. The van der Waals surface area contributed by atoms with Crippen molar-refractivity contribution in [3.63, 3.8) is 0 Å². The minimum Gasteiger partial charge on any atom is -0.480 e. The molecule has 16 heavy (non-hydrogen) atoms. The number of likely N-dealkylation sites (tertiary alicyclic amines) is 1. The van der Waals surface area contributed by atoms with Crippen LogP contribution in [-0.2, 0) is 14.4 Å². The summed E-state index contributed by atoms with van der Waals surface area (Å²) in [5.41, 5.74) is 0. The molecule has 1 N–H and O–H groups in total. The Labute approximate surface area is 93.8 Å². The first-order valence-corrected chi connectivity index (χ1v) is 5.19. The van der Waals surface area contributed by atoms with E-state index in [0.717, 1.165) is 11.3 Å². The van der Waals surface area contributed by atoms with Crippen LogP contribution < -0.4 is 0 Å². The Hall–Kier alpha value is -1.59. The molecule has 2 amide bonds. The third-order valence-corrected chi connectivity index (χ3v) is 2.83. The average Bonchev–Trinajstić information content (AvgIpc) is 2.62. The van der Waals surface area contributed by atoms with Crippen LogP contribution in [0.15, 0.2) is 0 Å². The van der Waals surface area contributed by atoms with Crippen molar-refractivity contribution in [2.24, 2.45) is 0 Å². The summed E-state index contributed by atoms with van der Waals surface area (Å²) in [4.78, 5) is 36.2. The van der Waals surface area contributed by atoms with Crippen molar-refractivity contribution in [1.82, 2.24) is 9.80 Å². The molecule has 1 heterocycles. The summed E-state index contributed by atoms with van der Waals surface area (Å²) in [5, 5.41) is 8.74. The van der Waals surface area contributed by atoms with Gasteiger partial charge in [0.05, 0.1) is 6.54 Å². The van der Waals surface area contributed by atoms with Crippen LogP contribution in [0.5, 0.6) is 0 Å². The number of carboxylic acid groups (broad SMARTS) is 1. The van der Waals surface area contributed by atoms with E-state index in [1.54, 1.807) is 0 Å². The van der Waals surface area contributed by atoms with E-state index < -0.39 is 12.0 Å². The van der Waals surface area contributed by atoms with Gasteiger partial charge in [-0.15, -0.1) is 0 Å². The molecule has 0 saturated carbocycles. The molecule has 0 aromatic heterocycles. The lowest BCUT2D eigenvalue weighted by Crippen LogP contribution is -2.45. The van der Waals surface area contributed by atoms with Crippen LogP contribution in [-0.4, -0.2) is 58.9 Å². The largest absolute Gasteiger partial charge is 0.480 e. The van der Waals surface area contributed by atoms with Gasteiger partial charge in [0.1, 0.15) is 6.04 Å². The van der Waals surface area contributed by atoms with Gasteiger partial charge in [0, 0.05) is 20.0 Å². The SMILES string of the molecule is CC(C(=O)O)N(C)C(=O)CN1CCCC1=O. The predicted molar refractivity (Wildman–Crippen MR) is 55.7 cm³/mol. The molecule has 0 aromatic rings. The molecule has 6 nitrogen and oxygen atoms in total. The second kappa shape index (κ2) is 4.96. The number of aliphatic carboxylic acids is 1. The molecule has 1 aliphatic heterocycles. The van der Waals surface area contributed by atoms with Gasteiger partial charge >= 0.3 is 5.97 Å². The zero-order valence-corrected chi connectivity index (χ0v) is 9.47. The molecule has 0 aliphatic carbocycles. The first kappa shape index (κ1) is 12.5. The lowest BCUT2D eigenvalue weighted by atomic mass is 10.3. The number of hydrogen-bond donors (Lipinski definition) is 1. The van der Waals surface area contributed by atoms with Crippen LogP contribution in [0, 0.1) is 0 Å². The second-order valence-corrected chi connectivity index (χ2v) is 3.94. The van der Waals surface area contributed by atoms with Crippen molar-refractivity contribution >= 4 is 17.8 Å². The molecule has 90 valence electrons. The fourth-order valence-corrected chi connectivity index (χ4v) is 1.53. The highest BCUT2D eigenvalue weighted by Crippen LogP contribution is 2.09. The summed E-state index contributed by atoms with van der Waals surface area (Å²) in [7, 11) is 1.43. The summed E-state index contributed by atoms with van der Waals surface area (Å²) in [6.07, 6.45) is 1.25. The van der Waals surface area contributed by atoms with Crippen molar-refractivity contribution in [2.75, 3.05) is 20.1 Å². The van der Waals surface area contributed by atoms with E-state index in [1.807, 2.05) is 0 Å². The van der Waals surface area contributed by atoms with E-state index in [0.29, 0.717) is 13.0 Å². The van der Waals surface area contributed by atoms with Crippen molar-refractivity contribution in [3.8, 4) is 0 Å². The predicted octanol–water partition coefficient (Wildman–Crippen LogP) is -0.460. The van der Waals surface area contributed by atoms with Crippen molar-refractivity contribution in [3.05, 3.63) is 0 Å². The zero-order chi connectivity index (χ0) is 12.3. The smallest absolute Gasteiger partial charge is 0.326 e. The Bertz CT molecular complexity index is 316. The number of carbonyl (C=O) groups excluding carboxylic acids is 2. The standard InChI is InChI=1S/C10H16N2O4/c1-7(10(15)16)11(2)9(14)6-12-5-3-4-8(12)13/h7H,3-6H2,1-2H3,(H,15,16). The van der Waals surface area contributed by atoms with Gasteiger partial charge in [-0.05, 0) is 13.3 Å². The third-order valence-electron chi connectivity index (χ3n) is 2.83. The molecule has 1 aliphatic rings. The monoisotopic (exact) mass is 228 g/mol. The number of amides is 2. The molecular weight excluding hydrogens is 212 g/mol. The lowest BCUT2D eigenvalue weighted by molar-refractivity contribution is -0.149. The van der Waals surface area contributed by atoms with Gasteiger partial charge in [-0.1, -0.05) is 0 Å². The number of carbonyl (C=O) groups is 3. The molecule has 1 rings (SSSR count). The molecule has 1 saturated heterocycles. The first-order valence-electron chi connectivity index (χ1n) is 5.19. The maximum Gasteiger partial charge on any atom is 0.326 e. The summed E-state index contributed by atoms with van der Waals surface area (Å²) in [5.74, 6) is -1.43. The van der Waals surface area contributed by atoms with Crippen LogP contribution >= 0.6 is 0 Å². The number of hydrogen-bond acceptors (Lipinski definition) is 3. The van der Waals surface area contributed by atoms with Gasteiger partial charge in [-0.2, -0.15) is 0 Å². The summed E-state index contributed by atoms with van der Waals surface area (Å²) < 4.78 is 0. The van der Waals surface area contributed by atoms with E-state index >= 15 is 0 Å². The molecule has 1 atom stereocenters. The fourth-order valence-electron chi connectivity index (χ4n) is 1.53. The molecule has 0 bridgehead atoms. The summed E-state index contributed by atoms with van der Waals surface area (Å²) >= 11 is 0. The number of rotatable bonds is 4. The average molecular weight is 228 g/mol. The molecule has 6 heteroatoms. The Kier molecular flexibility index (Phi) is 3.87. The van der Waals surface area contributed by atoms with Crippen LogP contribution in [0.1, 0.15) is 19.8 Å². The zero-order valence-electron chi connectivity index (χ0n) is 9.47. The van der Waals surface area contributed by atoms with Crippen molar-refractivity contribution in [2.45, 2.75) is 25.8 Å². The molecule has 1 fully saturated rings. The van der Waals surface area contributed by atoms with E-state index in [2.05, 4.69) is 0 Å². The maximum absolute atomic E-state index is 11.7. The normalized spacial score (nSPS) is 17.4. The van der Waals surface area contributed by atoms with Crippen LogP contribution in [0.2, 0.25) is 0 Å². The number of likely N-dealkylation sites (N-methyl/N-ethyl adjacent to an activating group) is 1. The summed E-state index contributed by atoms with van der Waals surface area (Å²) in [6, 6.07) is -0.870. The van der Waals surface area contributed by atoms with E-state index in [1.165, 1.54) is 18.9 Å². The van der Waals surface area contributed by atoms with E-state index in [9.17, 15) is 14.4 Å². The van der Waals surface area contributed by atoms with Gasteiger partial charge in [-0.3, -0.25) is 9.59 Å². The molecule has 0 radical (unpaired) electrons. The van der Waals surface area contributed by atoms with Gasteiger partial charge in [0.15, 0.2) is 0 Å². The Balaban J connectivity index is 2.51. The van der Waals surface area contributed by atoms with Gasteiger partial charge in [0.2, 0.25) is 11.8 Å². The van der Waals surface area contributed by atoms with Crippen LogP contribution in [0.4, 0.5) is 0 Å². The molecule has 0 spiro atoms. The minimum absolute atomic E-state index is 0.0209. The van der Waals surface area contributed by atoms with Crippen LogP contribution in [0.3, 0.4) is 0 Å². The fraction of sp³-hybridized carbons (Fsp3) is 0.700. The maximum atomic E-state index is 11.7. The number of carboxylic acids is 1. The Morgan fingerprint density at radius 1 is 1.56 bits per heavy atom. The van der Waals surface area contributed by atoms with Gasteiger partial charge < -0.3 is 14.9 Å². The third kappa shape index (κ3) is 2.71. The van der Waals surface area contributed by atoms with Crippen molar-refractivity contribution in [1.29, 1.82) is 0 Å². The van der Waals surface area contributed by atoms with E-state index in [-0.39, 0.29) is 18.4 Å². The first-order chi connectivity index (χ1) is 7.43. The highest BCUT2D eigenvalue weighted by Gasteiger charge is 2.27. The van der Waals surface area contributed by atoms with Crippen molar-refractivity contribution < 1.29 is 19.5 Å². The molecule has 1 unspecified atom stereocenters. The quantitative estimate of drug-likeness (QED) is 0.706. The lowest BCUT2D eigenvalue weighted by Gasteiger charge is -2.24. The van der Waals surface area contributed by atoms with Gasteiger partial charge in [0.25, 0.3) is 0 Å². The second-order valence-electron chi connectivity index (χ2n) is 3.94. The summed E-state index contributed by atoms with van der Waals surface area (Å²) in [6.45, 7) is 2.00. The highest BCUT2D eigenvalue weighted by atomic mass is 16.4.